The number of carbonyl (C=O) groups is 1. The van der Waals surface area contributed by atoms with Crippen molar-refractivity contribution < 1.29 is 4.79 Å². The van der Waals surface area contributed by atoms with Gasteiger partial charge in [0.15, 0.2) is 5.82 Å². The van der Waals surface area contributed by atoms with E-state index in [4.69, 9.17) is 0 Å². The van der Waals surface area contributed by atoms with E-state index in [1.165, 1.54) is 0 Å². The number of benzene rings is 3. The number of aromatic nitrogens is 3. The lowest BCUT2D eigenvalue weighted by atomic mass is 10.0. The molecule has 6 nitrogen and oxygen atoms in total. The summed E-state index contributed by atoms with van der Waals surface area (Å²) >= 11 is 3.54. The van der Waals surface area contributed by atoms with Crippen molar-refractivity contribution in [3.05, 3.63) is 98.6 Å². The Balaban J connectivity index is 1.69. The molecule has 1 aromatic heterocycles. The molecule has 0 spiro atoms. The number of H-pyrrole nitrogens is 2. The van der Waals surface area contributed by atoms with Crippen molar-refractivity contribution in [1.82, 2.24) is 20.5 Å². The molecule has 140 valence electrons. The highest BCUT2D eigenvalue weighted by Gasteiger charge is 2.21. The molecule has 0 aliphatic heterocycles. The zero-order valence-corrected chi connectivity index (χ0v) is 16.4. The van der Waals surface area contributed by atoms with Crippen molar-refractivity contribution >= 4 is 32.6 Å². The second-order valence-electron chi connectivity index (χ2n) is 6.42. The number of carbonyl (C=O) groups excluding carboxylic acids is 1. The van der Waals surface area contributed by atoms with Crippen LogP contribution in [0.2, 0.25) is 0 Å². The van der Waals surface area contributed by atoms with Gasteiger partial charge >= 0.3 is 5.69 Å². The van der Waals surface area contributed by atoms with Crippen LogP contribution in [0.15, 0.2) is 76.0 Å². The fourth-order valence-corrected chi connectivity index (χ4v) is 3.83. The highest BCUT2D eigenvalue weighted by molar-refractivity contribution is 9.10. The minimum absolute atomic E-state index is 0.234. The van der Waals surface area contributed by atoms with Crippen LogP contribution >= 0.6 is 15.9 Å². The number of halogens is 1. The Morgan fingerprint density at radius 3 is 2.50 bits per heavy atom. The molecule has 3 N–H and O–H groups in total. The van der Waals surface area contributed by atoms with E-state index in [-0.39, 0.29) is 5.91 Å². The van der Waals surface area contributed by atoms with Crippen LogP contribution in [0.1, 0.15) is 27.8 Å². The molecule has 0 aliphatic carbocycles. The van der Waals surface area contributed by atoms with Gasteiger partial charge in [-0.3, -0.25) is 9.78 Å². The third-order valence-corrected chi connectivity index (χ3v) is 5.20. The van der Waals surface area contributed by atoms with Crippen LogP contribution in [0, 0.1) is 0 Å². The Kier molecular flexibility index (Phi) is 5.08. The molecule has 7 heteroatoms. The lowest BCUT2D eigenvalue weighted by Gasteiger charge is -2.17. The minimum atomic E-state index is -0.480. The first-order valence-corrected chi connectivity index (χ1v) is 9.58. The van der Waals surface area contributed by atoms with Crippen LogP contribution in [0.3, 0.4) is 0 Å². The molecular formula is C21H17BrN4O2. The lowest BCUT2D eigenvalue weighted by Crippen LogP contribution is -2.31. The lowest BCUT2D eigenvalue weighted by molar-refractivity contribution is 0.0936. The van der Waals surface area contributed by atoms with E-state index in [0.29, 0.717) is 17.8 Å². The van der Waals surface area contributed by atoms with Gasteiger partial charge in [-0.2, -0.15) is 5.10 Å². The van der Waals surface area contributed by atoms with Gasteiger partial charge in [-0.1, -0.05) is 70.5 Å². The maximum absolute atomic E-state index is 13.1. The van der Waals surface area contributed by atoms with Gasteiger partial charge in [0.25, 0.3) is 5.91 Å². The molecule has 3 aromatic carbocycles. The molecule has 0 saturated heterocycles. The molecule has 28 heavy (non-hydrogen) atoms. The van der Waals surface area contributed by atoms with Crippen molar-refractivity contribution in [3.8, 4) is 0 Å². The molecule has 1 heterocycles. The Hall–Kier alpha value is -3.19. The van der Waals surface area contributed by atoms with E-state index in [1.807, 2.05) is 60.7 Å². The van der Waals surface area contributed by atoms with Crippen LogP contribution in [-0.2, 0) is 6.42 Å². The molecule has 1 amide bonds. The Labute approximate surface area is 169 Å². The average Bonchev–Trinajstić information content (AvgIpc) is 3.14. The fraction of sp³-hybridized carbons (Fsp3) is 0.0952. The minimum Gasteiger partial charge on any atom is -0.342 e. The first-order chi connectivity index (χ1) is 13.6. The summed E-state index contributed by atoms with van der Waals surface area (Å²) < 4.78 is 0.850. The van der Waals surface area contributed by atoms with E-state index in [1.54, 1.807) is 6.07 Å². The van der Waals surface area contributed by atoms with Gasteiger partial charge in [-0.25, -0.2) is 9.89 Å². The fourth-order valence-electron chi connectivity index (χ4n) is 3.23. The van der Waals surface area contributed by atoms with Crippen molar-refractivity contribution in [2.75, 3.05) is 0 Å². The molecule has 1 unspecified atom stereocenters. The van der Waals surface area contributed by atoms with Gasteiger partial charge in [0.2, 0.25) is 0 Å². The number of amides is 1. The maximum atomic E-state index is 13.1. The maximum Gasteiger partial charge on any atom is 0.340 e. The summed E-state index contributed by atoms with van der Waals surface area (Å²) in [5.74, 6) is 0.156. The number of rotatable bonds is 5. The summed E-state index contributed by atoms with van der Waals surface area (Å²) in [7, 11) is 0. The van der Waals surface area contributed by atoms with E-state index in [0.717, 1.165) is 20.8 Å². The summed E-state index contributed by atoms with van der Waals surface area (Å²) in [6.45, 7) is 0. The highest BCUT2D eigenvalue weighted by Crippen LogP contribution is 2.28. The molecule has 0 radical (unpaired) electrons. The Morgan fingerprint density at radius 2 is 1.79 bits per heavy atom. The molecule has 0 bridgehead atoms. The Bertz CT molecular complexity index is 1180. The zero-order chi connectivity index (χ0) is 19.5. The number of nitrogens with zero attached hydrogens (tertiary/aromatic N) is 1. The summed E-state index contributed by atoms with van der Waals surface area (Å²) in [5, 5.41) is 11.2. The third kappa shape index (κ3) is 3.75. The quantitative estimate of drug-likeness (QED) is 0.445. The summed E-state index contributed by atoms with van der Waals surface area (Å²) in [4.78, 5) is 27.3. The molecule has 0 saturated carbocycles. The second kappa shape index (κ2) is 7.82. The first kappa shape index (κ1) is 18.2. The van der Waals surface area contributed by atoms with Gasteiger partial charge in [-0.15, -0.1) is 0 Å². The van der Waals surface area contributed by atoms with E-state index < -0.39 is 11.7 Å². The standard InChI is InChI=1S/C21H17BrN4O2/c22-16-11-5-9-14-8-4-10-15(18(14)16)20(27)23-17(19-24-21(28)26-25-19)12-13-6-2-1-3-7-13/h1-11,17H,12H2,(H,23,27)(H2,24,25,26,28). The molecular weight excluding hydrogens is 420 g/mol. The summed E-state index contributed by atoms with van der Waals surface area (Å²) in [6, 6.07) is 20.7. The number of fused-ring (bicyclic) bond motifs is 1. The second-order valence-corrected chi connectivity index (χ2v) is 7.28. The van der Waals surface area contributed by atoms with Crippen LogP contribution in [0.4, 0.5) is 0 Å². The number of hydrogen-bond donors (Lipinski definition) is 3. The third-order valence-electron chi connectivity index (χ3n) is 4.54. The first-order valence-electron chi connectivity index (χ1n) is 8.78. The SMILES string of the molecule is O=C(NC(Cc1ccccc1)c1n[nH]c(=O)[nH]1)c1cccc2cccc(Br)c12. The van der Waals surface area contributed by atoms with Crippen LogP contribution in [0.25, 0.3) is 10.8 Å². The van der Waals surface area contributed by atoms with E-state index in [2.05, 4.69) is 36.4 Å². The monoisotopic (exact) mass is 436 g/mol. The van der Waals surface area contributed by atoms with E-state index >= 15 is 0 Å². The molecule has 4 rings (SSSR count). The predicted molar refractivity (Wildman–Crippen MR) is 111 cm³/mol. The smallest absolute Gasteiger partial charge is 0.340 e. The predicted octanol–water partition coefficient (Wildman–Crippen LogP) is 3.73. The van der Waals surface area contributed by atoms with Crippen LogP contribution in [-0.4, -0.2) is 21.1 Å². The van der Waals surface area contributed by atoms with Crippen LogP contribution < -0.4 is 11.0 Å². The van der Waals surface area contributed by atoms with Gasteiger partial charge < -0.3 is 5.32 Å². The Morgan fingerprint density at radius 1 is 1.04 bits per heavy atom. The molecule has 0 fully saturated rings. The molecule has 1 atom stereocenters. The average molecular weight is 437 g/mol. The number of aromatic amines is 2. The molecule has 0 aliphatic rings. The normalized spacial score (nSPS) is 12.0. The summed E-state index contributed by atoms with van der Waals surface area (Å²) in [6.07, 6.45) is 0.499. The highest BCUT2D eigenvalue weighted by atomic mass is 79.9. The van der Waals surface area contributed by atoms with Gasteiger partial charge in [-0.05, 0) is 29.5 Å². The van der Waals surface area contributed by atoms with Gasteiger partial charge in [0.05, 0.1) is 6.04 Å². The zero-order valence-electron chi connectivity index (χ0n) is 14.8. The van der Waals surface area contributed by atoms with Crippen molar-refractivity contribution in [3.63, 3.8) is 0 Å². The van der Waals surface area contributed by atoms with Gasteiger partial charge in [0.1, 0.15) is 0 Å². The van der Waals surface area contributed by atoms with Crippen molar-refractivity contribution in [2.24, 2.45) is 0 Å². The van der Waals surface area contributed by atoms with Gasteiger partial charge in [0, 0.05) is 15.4 Å². The van der Waals surface area contributed by atoms with Crippen molar-refractivity contribution in [1.29, 1.82) is 0 Å². The largest absolute Gasteiger partial charge is 0.342 e. The topological polar surface area (TPSA) is 90.6 Å². The van der Waals surface area contributed by atoms with Crippen molar-refractivity contribution in [2.45, 2.75) is 12.5 Å². The number of nitrogens with one attached hydrogen (secondary N) is 3. The van der Waals surface area contributed by atoms with E-state index in [9.17, 15) is 9.59 Å². The molecule has 4 aromatic rings. The van der Waals surface area contributed by atoms with Crippen LogP contribution in [0.5, 0.6) is 0 Å². The number of hydrogen-bond acceptors (Lipinski definition) is 3. The summed E-state index contributed by atoms with van der Waals surface area (Å²) in [5.41, 5.74) is 1.17.